The number of benzene rings is 1. The second kappa shape index (κ2) is 3.02. The summed E-state index contributed by atoms with van der Waals surface area (Å²) in [6.45, 7) is 0. The van der Waals surface area contributed by atoms with E-state index < -0.39 is 0 Å². The van der Waals surface area contributed by atoms with Crippen molar-refractivity contribution in [3.8, 4) is 0 Å². The first-order valence-corrected chi connectivity index (χ1v) is 6.87. The lowest BCUT2D eigenvalue weighted by molar-refractivity contribution is 0.496. The molecule has 0 aliphatic heterocycles. The number of rotatable bonds is 3. The van der Waals surface area contributed by atoms with Crippen LogP contribution in [0.25, 0.3) is 0 Å². The van der Waals surface area contributed by atoms with Crippen LogP contribution in [-0.4, -0.2) is 11.8 Å². The molecule has 1 nitrogen and oxygen atoms in total. The standard InChI is InChI=1S/C13H17NS/c1-15-11-5-3-2-4-10(11)12(6-7-12)13(14)8-9-13/h2-5H,6-9,14H2,1H3. The van der Waals surface area contributed by atoms with E-state index in [0.717, 1.165) is 0 Å². The molecule has 2 heteroatoms. The molecule has 2 N–H and O–H groups in total. The molecular formula is C13H17NS. The Morgan fingerprint density at radius 1 is 1.13 bits per heavy atom. The first-order valence-electron chi connectivity index (χ1n) is 5.64. The highest BCUT2D eigenvalue weighted by molar-refractivity contribution is 7.98. The zero-order chi connectivity index (χ0) is 10.5. The van der Waals surface area contributed by atoms with Gasteiger partial charge < -0.3 is 5.73 Å². The Balaban J connectivity index is 2.05. The molecule has 3 rings (SSSR count). The zero-order valence-corrected chi connectivity index (χ0v) is 9.94. The molecule has 0 atom stereocenters. The summed E-state index contributed by atoms with van der Waals surface area (Å²) in [5.41, 5.74) is 8.42. The molecule has 0 aromatic heterocycles. The van der Waals surface area contributed by atoms with Gasteiger partial charge in [0.25, 0.3) is 0 Å². The maximum atomic E-state index is 6.43. The lowest BCUT2D eigenvalue weighted by Gasteiger charge is -2.25. The second-order valence-corrected chi connectivity index (χ2v) is 5.79. The van der Waals surface area contributed by atoms with Crippen molar-refractivity contribution in [1.82, 2.24) is 0 Å². The van der Waals surface area contributed by atoms with Crippen molar-refractivity contribution in [2.45, 2.75) is 41.5 Å². The summed E-state index contributed by atoms with van der Waals surface area (Å²) in [4.78, 5) is 1.42. The predicted molar refractivity (Wildman–Crippen MR) is 65.3 cm³/mol. The van der Waals surface area contributed by atoms with E-state index in [2.05, 4.69) is 30.5 Å². The Morgan fingerprint density at radius 2 is 1.80 bits per heavy atom. The minimum atomic E-state index is 0.138. The highest BCUT2D eigenvalue weighted by Gasteiger charge is 2.64. The minimum Gasteiger partial charge on any atom is -0.324 e. The van der Waals surface area contributed by atoms with Crippen LogP contribution in [0.3, 0.4) is 0 Å². The summed E-state index contributed by atoms with van der Waals surface area (Å²) >= 11 is 1.85. The van der Waals surface area contributed by atoms with Gasteiger partial charge in [-0.05, 0) is 43.6 Å². The Kier molecular flexibility index (Phi) is 1.96. The molecule has 2 fully saturated rings. The second-order valence-electron chi connectivity index (χ2n) is 4.94. The van der Waals surface area contributed by atoms with Crippen LogP contribution in [0.15, 0.2) is 29.2 Å². The Hall–Kier alpha value is -0.470. The van der Waals surface area contributed by atoms with Crippen LogP contribution in [-0.2, 0) is 5.41 Å². The van der Waals surface area contributed by atoms with Gasteiger partial charge in [0.1, 0.15) is 0 Å². The molecule has 2 aliphatic carbocycles. The van der Waals surface area contributed by atoms with Gasteiger partial charge in [-0.25, -0.2) is 0 Å². The average molecular weight is 219 g/mol. The van der Waals surface area contributed by atoms with Crippen molar-refractivity contribution in [3.63, 3.8) is 0 Å². The lowest BCUT2D eigenvalue weighted by Crippen LogP contribution is -2.37. The van der Waals surface area contributed by atoms with Crippen LogP contribution < -0.4 is 5.73 Å². The quantitative estimate of drug-likeness (QED) is 0.791. The van der Waals surface area contributed by atoms with Gasteiger partial charge in [0.2, 0.25) is 0 Å². The maximum Gasteiger partial charge on any atom is 0.0254 e. The van der Waals surface area contributed by atoms with Gasteiger partial charge in [-0.2, -0.15) is 0 Å². The van der Waals surface area contributed by atoms with E-state index in [4.69, 9.17) is 5.73 Å². The van der Waals surface area contributed by atoms with E-state index in [1.54, 1.807) is 0 Å². The van der Waals surface area contributed by atoms with Crippen molar-refractivity contribution in [2.75, 3.05) is 6.26 Å². The van der Waals surface area contributed by atoms with Crippen molar-refractivity contribution in [1.29, 1.82) is 0 Å². The van der Waals surface area contributed by atoms with Crippen LogP contribution >= 0.6 is 11.8 Å². The Labute approximate surface area is 95.4 Å². The third kappa shape index (κ3) is 1.28. The van der Waals surface area contributed by atoms with Gasteiger partial charge in [-0.1, -0.05) is 18.2 Å². The van der Waals surface area contributed by atoms with Gasteiger partial charge in [-0.15, -0.1) is 11.8 Å². The first kappa shape index (κ1) is 9.73. The van der Waals surface area contributed by atoms with E-state index in [1.807, 2.05) is 11.8 Å². The van der Waals surface area contributed by atoms with Crippen LogP contribution in [0.1, 0.15) is 31.2 Å². The number of hydrogen-bond acceptors (Lipinski definition) is 2. The molecule has 0 amide bonds. The number of hydrogen-bond donors (Lipinski definition) is 1. The van der Waals surface area contributed by atoms with Crippen molar-refractivity contribution < 1.29 is 0 Å². The van der Waals surface area contributed by atoms with E-state index in [0.29, 0.717) is 5.41 Å². The van der Waals surface area contributed by atoms with Crippen molar-refractivity contribution in [3.05, 3.63) is 29.8 Å². The third-order valence-electron chi connectivity index (χ3n) is 4.11. The minimum absolute atomic E-state index is 0.138. The summed E-state index contributed by atoms with van der Waals surface area (Å²) in [6, 6.07) is 8.79. The summed E-state index contributed by atoms with van der Waals surface area (Å²) in [5, 5.41) is 0. The average Bonchev–Trinajstić information content (AvgIpc) is 3.13. The molecule has 2 aliphatic rings. The van der Waals surface area contributed by atoms with Crippen LogP contribution in [0.4, 0.5) is 0 Å². The maximum absolute atomic E-state index is 6.43. The van der Waals surface area contributed by atoms with E-state index >= 15 is 0 Å². The van der Waals surface area contributed by atoms with Crippen molar-refractivity contribution >= 4 is 11.8 Å². The highest BCUT2D eigenvalue weighted by atomic mass is 32.2. The fraction of sp³-hybridized carbons (Fsp3) is 0.538. The first-order chi connectivity index (χ1) is 7.22. The van der Waals surface area contributed by atoms with Gasteiger partial charge >= 0.3 is 0 Å². The molecule has 1 aromatic carbocycles. The van der Waals surface area contributed by atoms with E-state index in [9.17, 15) is 0 Å². The molecule has 2 saturated carbocycles. The van der Waals surface area contributed by atoms with Crippen LogP contribution in [0, 0.1) is 0 Å². The molecule has 0 saturated heterocycles. The summed E-state index contributed by atoms with van der Waals surface area (Å²) < 4.78 is 0. The smallest absolute Gasteiger partial charge is 0.0254 e. The van der Waals surface area contributed by atoms with Crippen molar-refractivity contribution in [2.24, 2.45) is 5.73 Å². The van der Waals surface area contributed by atoms with Gasteiger partial charge in [0.15, 0.2) is 0 Å². The molecule has 0 bridgehead atoms. The highest BCUT2D eigenvalue weighted by Crippen LogP contribution is 2.64. The Bertz CT molecular complexity index is 391. The fourth-order valence-corrected chi connectivity index (χ4v) is 3.51. The SMILES string of the molecule is CSc1ccccc1C1(C2(N)CC2)CC1. The molecule has 0 spiro atoms. The van der Waals surface area contributed by atoms with Crippen LogP contribution in [0.5, 0.6) is 0 Å². The third-order valence-corrected chi connectivity index (χ3v) is 4.91. The van der Waals surface area contributed by atoms with E-state index in [1.165, 1.54) is 36.1 Å². The summed E-state index contributed by atoms with van der Waals surface area (Å²) in [5.74, 6) is 0. The topological polar surface area (TPSA) is 26.0 Å². The summed E-state index contributed by atoms with van der Waals surface area (Å²) in [6.07, 6.45) is 7.18. The lowest BCUT2D eigenvalue weighted by atomic mass is 9.86. The summed E-state index contributed by atoms with van der Waals surface area (Å²) in [7, 11) is 0. The number of thioether (sulfide) groups is 1. The van der Waals surface area contributed by atoms with Crippen LogP contribution in [0.2, 0.25) is 0 Å². The normalized spacial score (nSPS) is 24.9. The molecule has 0 heterocycles. The molecule has 15 heavy (non-hydrogen) atoms. The monoisotopic (exact) mass is 219 g/mol. The van der Waals surface area contributed by atoms with Gasteiger partial charge in [0.05, 0.1) is 0 Å². The van der Waals surface area contributed by atoms with E-state index in [-0.39, 0.29) is 5.54 Å². The molecule has 1 aromatic rings. The molecular weight excluding hydrogens is 202 g/mol. The largest absolute Gasteiger partial charge is 0.324 e. The predicted octanol–water partition coefficient (Wildman–Crippen LogP) is 2.93. The van der Waals surface area contributed by atoms with Gasteiger partial charge in [-0.3, -0.25) is 0 Å². The zero-order valence-electron chi connectivity index (χ0n) is 9.12. The molecule has 80 valence electrons. The van der Waals surface area contributed by atoms with Gasteiger partial charge in [0, 0.05) is 15.8 Å². The number of nitrogens with two attached hydrogens (primary N) is 1. The fourth-order valence-electron chi connectivity index (χ4n) is 2.81. The molecule has 0 unspecified atom stereocenters. The Morgan fingerprint density at radius 3 is 2.33 bits per heavy atom. The molecule has 0 radical (unpaired) electrons.